The van der Waals surface area contributed by atoms with Crippen molar-refractivity contribution in [3.8, 4) is 5.75 Å². The van der Waals surface area contributed by atoms with E-state index in [4.69, 9.17) is 22.7 Å². The number of benzene rings is 1. The molecule has 1 heterocycles. The van der Waals surface area contributed by atoms with Crippen LogP contribution in [0.3, 0.4) is 0 Å². The zero-order valence-corrected chi connectivity index (χ0v) is 9.93. The zero-order chi connectivity index (χ0) is 12.1. The molecule has 6 heteroatoms. The van der Waals surface area contributed by atoms with Crippen LogP contribution < -0.4 is 10.5 Å². The second-order valence-electron chi connectivity index (χ2n) is 3.36. The molecule has 0 saturated carbocycles. The highest BCUT2D eigenvalue weighted by atomic mass is 32.1. The molecule has 0 fully saturated rings. The van der Waals surface area contributed by atoms with Gasteiger partial charge in [0.15, 0.2) is 0 Å². The van der Waals surface area contributed by atoms with Crippen LogP contribution in [0.15, 0.2) is 36.7 Å². The van der Waals surface area contributed by atoms with Crippen LogP contribution in [0.5, 0.6) is 5.75 Å². The molecular weight excluding hydrogens is 236 g/mol. The number of rotatable bonds is 5. The van der Waals surface area contributed by atoms with Gasteiger partial charge in [-0.2, -0.15) is 0 Å². The topological polar surface area (TPSA) is 66.0 Å². The molecule has 0 bridgehead atoms. The Morgan fingerprint density at radius 3 is 2.76 bits per heavy atom. The number of hydrogen-bond donors (Lipinski definition) is 1. The van der Waals surface area contributed by atoms with Gasteiger partial charge >= 0.3 is 0 Å². The molecule has 0 aliphatic carbocycles. The van der Waals surface area contributed by atoms with E-state index in [2.05, 4.69) is 10.1 Å². The standard InChI is InChI=1S/C11H12N4OS/c12-10(17)11-13-8-15(14-11)6-7-16-9-4-2-1-3-5-9/h1-5,8H,6-7H2,(H2,12,17). The highest BCUT2D eigenvalue weighted by Gasteiger charge is 2.02. The van der Waals surface area contributed by atoms with E-state index in [1.54, 1.807) is 11.0 Å². The molecule has 1 aromatic carbocycles. The molecular formula is C11H12N4OS. The molecule has 0 unspecified atom stereocenters. The first-order valence-corrected chi connectivity index (χ1v) is 5.53. The van der Waals surface area contributed by atoms with Gasteiger partial charge in [0, 0.05) is 0 Å². The lowest BCUT2D eigenvalue weighted by molar-refractivity contribution is 0.291. The third-order valence-electron chi connectivity index (χ3n) is 2.09. The lowest BCUT2D eigenvalue weighted by Crippen LogP contribution is -2.13. The van der Waals surface area contributed by atoms with E-state index in [0.29, 0.717) is 19.0 Å². The number of nitrogens with zero attached hydrogens (tertiary/aromatic N) is 3. The van der Waals surface area contributed by atoms with E-state index in [9.17, 15) is 0 Å². The first-order valence-electron chi connectivity index (χ1n) is 5.13. The van der Waals surface area contributed by atoms with Crippen LogP contribution in [0.25, 0.3) is 0 Å². The number of nitrogens with two attached hydrogens (primary N) is 1. The third kappa shape index (κ3) is 3.25. The predicted molar refractivity (Wildman–Crippen MR) is 67.8 cm³/mol. The Hall–Kier alpha value is -1.95. The maximum Gasteiger partial charge on any atom is 0.208 e. The Morgan fingerprint density at radius 2 is 2.12 bits per heavy atom. The van der Waals surface area contributed by atoms with E-state index in [-0.39, 0.29) is 4.99 Å². The molecule has 2 N–H and O–H groups in total. The summed E-state index contributed by atoms with van der Waals surface area (Å²) in [7, 11) is 0. The summed E-state index contributed by atoms with van der Waals surface area (Å²) in [6.45, 7) is 1.12. The summed E-state index contributed by atoms with van der Waals surface area (Å²) in [5.41, 5.74) is 5.41. The summed E-state index contributed by atoms with van der Waals surface area (Å²) in [4.78, 5) is 4.17. The molecule has 0 radical (unpaired) electrons. The van der Waals surface area contributed by atoms with Gasteiger partial charge in [-0.15, -0.1) is 5.10 Å². The first-order chi connectivity index (χ1) is 8.25. The summed E-state index contributed by atoms with van der Waals surface area (Å²) >= 11 is 4.77. The summed E-state index contributed by atoms with van der Waals surface area (Å²) in [5, 5.41) is 4.10. The van der Waals surface area contributed by atoms with Crippen molar-refractivity contribution in [2.24, 2.45) is 5.73 Å². The molecule has 0 aliphatic heterocycles. The summed E-state index contributed by atoms with van der Waals surface area (Å²) in [5.74, 6) is 1.22. The monoisotopic (exact) mass is 248 g/mol. The fourth-order valence-corrected chi connectivity index (χ4v) is 1.38. The van der Waals surface area contributed by atoms with Crippen molar-refractivity contribution in [1.82, 2.24) is 14.8 Å². The molecule has 5 nitrogen and oxygen atoms in total. The van der Waals surface area contributed by atoms with Gasteiger partial charge in [-0.05, 0) is 12.1 Å². The minimum Gasteiger partial charge on any atom is -0.492 e. The highest BCUT2D eigenvalue weighted by molar-refractivity contribution is 7.80. The molecule has 0 aliphatic rings. The molecule has 0 spiro atoms. The molecule has 0 atom stereocenters. The fourth-order valence-electron chi connectivity index (χ4n) is 1.29. The van der Waals surface area contributed by atoms with Crippen molar-refractivity contribution in [1.29, 1.82) is 0 Å². The number of aromatic nitrogens is 3. The lowest BCUT2D eigenvalue weighted by atomic mass is 10.3. The van der Waals surface area contributed by atoms with E-state index in [1.807, 2.05) is 30.3 Å². The molecule has 2 aromatic rings. The van der Waals surface area contributed by atoms with Gasteiger partial charge in [-0.1, -0.05) is 30.4 Å². The summed E-state index contributed by atoms with van der Waals surface area (Å²) in [6, 6.07) is 9.60. The van der Waals surface area contributed by atoms with Crippen LogP contribution in [-0.2, 0) is 6.54 Å². The second-order valence-corrected chi connectivity index (χ2v) is 3.80. The quantitative estimate of drug-likeness (QED) is 0.799. The average Bonchev–Trinajstić information content (AvgIpc) is 2.79. The molecule has 88 valence electrons. The van der Waals surface area contributed by atoms with Crippen LogP contribution in [0.2, 0.25) is 0 Å². The van der Waals surface area contributed by atoms with Gasteiger partial charge in [0.2, 0.25) is 5.82 Å². The van der Waals surface area contributed by atoms with E-state index in [0.717, 1.165) is 5.75 Å². The lowest BCUT2D eigenvalue weighted by Gasteiger charge is -2.05. The number of thiocarbonyl (C=S) groups is 1. The van der Waals surface area contributed by atoms with Crippen molar-refractivity contribution in [2.75, 3.05) is 6.61 Å². The number of hydrogen-bond acceptors (Lipinski definition) is 4. The van der Waals surface area contributed by atoms with E-state index in [1.165, 1.54) is 0 Å². The van der Waals surface area contributed by atoms with Crippen LogP contribution in [-0.4, -0.2) is 26.4 Å². The summed E-state index contributed by atoms with van der Waals surface area (Å²) in [6.07, 6.45) is 1.59. The van der Waals surface area contributed by atoms with Gasteiger partial charge < -0.3 is 10.5 Å². The Balaban J connectivity index is 1.84. The largest absolute Gasteiger partial charge is 0.492 e. The van der Waals surface area contributed by atoms with Gasteiger partial charge in [-0.3, -0.25) is 0 Å². The molecule has 0 saturated heterocycles. The van der Waals surface area contributed by atoms with Crippen LogP contribution in [0.1, 0.15) is 5.82 Å². The van der Waals surface area contributed by atoms with Gasteiger partial charge in [0.1, 0.15) is 23.7 Å². The van der Waals surface area contributed by atoms with Crippen molar-refractivity contribution >= 4 is 17.2 Å². The number of para-hydroxylation sites is 1. The van der Waals surface area contributed by atoms with Crippen molar-refractivity contribution in [3.05, 3.63) is 42.5 Å². The maximum absolute atomic E-state index is 5.53. The Labute approximate surface area is 104 Å². The summed E-state index contributed by atoms with van der Waals surface area (Å²) < 4.78 is 7.18. The predicted octanol–water partition coefficient (Wildman–Crippen LogP) is 0.991. The Bertz CT molecular complexity index is 497. The average molecular weight is 248 g/mol. The smallest absolute Gasteiger partial charge is 0.208 e. The van der Waals surface area contributed by atoms with E-state index >= 15 is 0 Å². The van der Waals surface area contributed by atoms with Crippen molar-refractivity contribution < 1.29 is 4.74 Å². The van der Waals surface area contributed by atoms with Crippen molar-refractivity contribution in [2.45, 2.75) is 6.54 Å². The SMILES string of the molecule is NC(=S)c1ncn(CCOc2ccccc2)n1. The fraction of sp³-hybridized carbons (Fsp3) is 0.182. The highest BCUT2D eigenvalue weighted by Crippen LogP contribution is 2.07. The van der Waals surface area contributed by atoms with Gasteiger partial charge in [0.25, 0.3) is 0 Å². The minimum absolute atomic E-state index is 0.202. The number of ether oxygens (including phenoxy) is 1. The normalized spacial score (nSPS) is 10.1. The van der Waals surface area contributed by atoms with Crippen molar-refractivity contribution in [3.63, 3.8) is 0 Å². The molecule has 2 rings (SSSR count). The molecule has 17 heavy (non-hydrogen) atoms. The van der Waals surface area contributed by atoms with Gasteiger partial charge in [0.05, 0.1) is 6.54 Å². The maximum atomic E-state index is 5.53. The van der Waals surface area contributed by atoms with Crippen LogP contribution in [0.4, 0.5) is 0 Å². The van der Waals surface area contributed by atoms with Gasteiger partial charge in [-0.25, -0.2) is 9.67 Å². The minimum atomic E-state index is 0.202. The Kier molecular flexibility index (Phi) is 3.66. The molecule has 0 amide bonds. The van der Waals surface area contributed by atoms with Crippen LogP contribution >= 0.6 is 12.2 Å². The van der Waals surface area contributed by atoms with E-state index < -0.39 is 0 Å². The van der Waals surface area contributed by atoms with Crippen LogP contribution in [0, 0.1) is 0 Å². The zero-order valence-electron chi connectivity index (χ0n) is 9.11. The molecule has 1 aromatic heterocycles. The Morgan fingerprint density at radius 1 is 1.35 bits per heavy atom. The second kappa shape index (κ2) is 5.40. The third-order valence-corrected chi connectivity index (χ3v) is 2.27. The first kappa shape index (κ1) is 11.5.